The van der Waals surface area contributed by atoms with Crippen molar-refractivity contribution in [3.05, 3.63) is 53.8 Å². The van der Waals surface area contributed by atoms with Crippen LogP contribution in [0.15, 0.2) is 36.0 Å². The Morgan fingerprint density at radius 1 is 1.33 bits per heavy atom. The standard InChI is InChI=1S/C17H17N5OS/c1-9-5-6-14-12(7-9)13(8-18-14)15(23)17(24-4)19-10(2)16-20-11(3)21-22-16/h5-8,18H,2H2,1,3-4H3,(H,20,21,22). The van der Waals surface area contributed by atoms with E-state index in [0.29, 0.717) is 28.0 Å². The number of aromatic nitrogens is 4. The van der Waals surface area contributed by atoms with Crippen molar-refractivity contribution in [2.24, 2.45) is 4.99 Å². The van der Waals surface area contributed by atoms with Crippen LogP contribution >= 0.6 is 11.8 Å². The summed E-state index contributed by atoms with van der Waals surface area (Å²) in [5, 5.41) is 8.00. The van der Waals surface area contributed by atoms with E-state index >= 15 is 0 Å². The summed E-state index contributed by atoms with van der Waals surface area (Å²) in [6.45, 7) is 7.65. The molecule has 2 N–H and O–H groups in total. The number of aliphatic imine (C=N–C) groups is 1. The molecule has 6 nitrogen and oxygen atoms in total. The average Bonchev–Trinajstić information content (AvgIpc) is 3.17. The molecule has 0 unspecified atom stereocenters. The zero-order chi connectivity index (χ0) is 17.3. The van der Waals surface area contributed by atoms with Crippen molar-refractivity contribution in [2.45, 2.75) is 13.8 Å². The highest BCUT2D eigenvalue weighted by Crippen LogP contribution is 2.23. The van der Waals surface area contributed by atoms with Gasteiger partial charge in [0.1, 0.15) is 16.6 Å². The molecule has 0 saturated carbocycles. The van der Waals surface area contributed by atoms with E-state index in [1.165, 1.54) is 11.8 Å². The Labute approximate surface area is 143 Å². The zero-order valence-corrected chi connectivity index (χ0v) is 14.5. The first-order valence-electron chi connectivity index (χ1n) is 7.33. The predicted molar refractivity (Wildman–Crippen MR) is 98.5 cm³/mol. The maximum Gasteiger partial charge on any atom is 0.220 e. The number of hydrogen-bond donors (Lipinski definition) is 2. The van der Waals surface area contributed by atoms with Gasteiger partial charge in [-0.2, -0.15) is 5.10 Å². The van der Waals surface area contributed by atoms with Gasteiger partial charge in [-0.05, 0) is 32.2 Å². The number of aryl methyl sites for hydroxylation is 2. The number of benzene rings is 1. The molecule has 0 bridgehead atoms. The van der Waals surface area contributed by atoms with Crippen LogP contribution in [0, 0.1) is 13.8 Å². The highest BCUT2D eigenvalue weighted by Gasteiger charge is 2.19. The van der Waals surface area contributed by atoms with Gasteiger partial charge in [-0.25, -0.2) is 9.98 Å². The Kier molecular flexibility index (Phi) is 4.35. The fourth-order valence-electron chi connectivity index (χ4n) is 2.37. The number of hydrogen-bond acceptors (Lipinski definition) is 5. The molecule has 1 aromatic carbocycles. The van der Waals surface area contributed by atoms with Crippen LogP contribution in [0.1, 0.15) is 27.6 Å². The molecule has 0 aliphatic rings. The Balaban J connectivity index is 1.97. The van der Waals surface area contributed by atoms with Crippen LogP contribution in [-0.2, 0) is 0 Å². The third kappa shape index (κ3) is 3.03. The lowest BCUT2D eigenvalue weighted by Crippen LogP contribution is -2.10. The zero-order valence-electron chi connectivity index (χ0n) is 13.7. The Bertz CT molecular complexity index is 966. The first-order valence-corrected chi connectivity index (χ1v) is 8.55. The van der Waals surface area contributed by atoms with Gasteiger partial charge in [0, 0.05) is 17.1 Å². The molecule has 3 rings (SSSR count). The van der Waals surface area contributed by atoms with E-state index < -0.39 is 0 Å². The van der Waals surface area contributed by atoms with E-state index in [1.54, 1.807) is 13.1 Å². The number of carbonyl (C=O) groups excluding carboxylic acids is 1. The Morgan fingerprint density at radius 3 is 2.79 bits per heavy atom. The summed E-state index contributed by atoms with van der Waals surface area (Å²) in [5.74, 6) is 0.917. The maximum absolute atomic E-state index is 12.9. The Hall–Kier alpha value is -2.67. The third-order valence-corrected chi connectivity index (χ3v) is 4.22. The van der Waals surface area contributed by atoms with Gasteiger partial charge in [-0.15, -0.1) is 11.8 Å². The lowest BCUT2D eigenvalue weighted by Gasteiger charge is -2.03. The van der Waals surface area contributed by atoms with Crippen LogP contribution in [0.2, 0.25) is 0 Å². The first-order chi connectivity index (χ1) is 11.5. The minimum absolute atomic E-state index is 0.146. The molecule has 7 heteroatoms. The van der Waals surface area contributed by atoms with Gasteiger partial charge >= 0.3 is 0 Å². The predicted octanol–water partition coefficient (Wildman–Crippen LogP) is 3.52. The van der Waals surface area contributed by atoms with Crippen molar-refractivity contribution in [3.63, 3.8) is 0 Å². The lowest BCUT2D eigenvalue weighted by atomic mass is 10.1. The van der Waals surface area contributed by atoms with Gasteiger partial charge in [0.2, 0.25) is 5.78 Å². The van der Waals surface area contributed by atoms with Crippen molar-refractivity contribution in [1.29, 1.82) is 0 Å². The number of aromatic amines is 2. The number of thioether (sulfide) groups is 1. The number of nitrogens with one attached hydrogen (secondary N) is 2. The van der Waals surface area contributed by atoms with Crippen molar-refractivity contribution in [2.75, 3.05) is 6.26 Å². The van der Waals surface area contributed by atoms with Crippen molar-refractivity contribution in [1.82, 2.24) is 20.2 Å². The molecule has 122 valence electrons. The van der Waals surface area contributed by atoms with E-state index in [-0.39, 0.29) is 5.78 Å². The number of fused-ring (bicyclic) bond motifs is 1. The number of H-pyrrole nitrogens is 2. The van der Waals surface area contributed by atoms with Crippen LogP contribution in [0.25, 0.3) is 16.6 Å². The van der Waals surface area contributed by atoms with Gasteiger partial charge in [-0.3, -0.25) is 9.89 Å². The topological polar surface area (TPSA) is 86.8 Å². The summed E-state index contributed by atoms with van der Waals surface area (Å²) >= 11 is 1.28. The SMILES string of the molecule is C=C(N=C(SC)C(=O)c1c[nH]c2ccc(C)cc12)c1n[nH]c(C)n1. The number of rotatable bonds is 4. The molecule has 2 heterocycles. The molecule has 0 aliphatic heterocycles. The van der Waals surface area contributed by atoms with Gasteiger partial charge < -0.3 is 4.98 Å². The number of ketones is 1. The molecule has 24 heavy (non-hydrogen) atoms. The summed E-state index contributed by atoms with van der Waals surface area (Å²) in [6.07, 6.45) is 3.53. The van der Waals surface area contributed by atoms with Crippen LogP contribution in [0.5, 0.6) is 0 Å². The van der Waals surface area contributed by atoms with E-state index in [0.717, 1.165) is 16.5 Å². The molecule has 3 aromatic rings. The second kappa shape index (κ2) is 6.45. The van der Waals surface area contributed by atoms with Gasteiger partial charge in [0.05, 0.1) is 5.56 Å². The molecule has 0 radical (unpaired) electrons. The van der Waals surface area contributed by atoms with Crippen LogP contribution in [0.4, 0.5) is 0 Å². The minimum Gasteiger partial charge on any atom is -0.360 e. The monoisotopic (exact) mass is 339 g/mol. The maximum atomic E-state index is 12.9. The second-order valence-electron chi connectivity index (χ2n) is 5.39. The second-order valence-corrected chi connectivity index (χ2v) is 6.19. The lowest BCUT2D eigenvalue weighted by molar-refractivity contribution is 0.107. The molecule has 0 atom stereocenters. The van der Waals surface area contributed by atoms with Crippen LogP contribution in [-0.4, -0.2) is 37.2 Å². The minimum atomic E-state index is -0.146. The molecule has 0 saturated heterocycles. The Morgan fingerprint density at radius 2 is 2.12 bits per heavy atom. The van der Waals surface area contributed by atoms with Crippen LogP contribution < -0.4 is 0 Å². The smallest absolute Gasteiger partial charge is 0.220 e. The molecule has 2 aromatic heterocycles. The highest BCUT2D eigenvalue weighted by molar-refractivity contribution is 8.15. The molecular weight excluding hydrogens is 322 g/mol. The van der Waals surface area contributed by atoms with Crippen LogP contribution in [0.3, 0.4) is 0 Å². The number of carbonyl (C=O) groups is 1. The van der Waals surface area contributed by atoms with Gasteiger partial charge in [-0.1, -0.05) is 18.2 Å². The average molecular weight is 339 g/mol. The fraction of sp³-hybridized carbons (Fsp3) is 0.176. The summed E-state index contributed by atoms with van der Waals surface area (Å²) in [6, 6.07) is 5.96. The number of Topliss-reactive ketones (excluding diaryl/α,β-unsaturated/α-hetero) is 1. The van der Waals surface area contributed by atoms with E-state index in [9.17, 15) is 4.79 Å². The van der Waals surface area contributed by atoms with Gasteiger partial charge in [0.15, 0.2) is 5.82 Å². The van der Waals surface area contributed by atoms with Crippen molar-refractivity contribution >= 4 is 39.2 Å². The molecule has 0 spiro atoms. The highest BCUT2D eigenvalue weighted by atomic mass is 32.2. The molecule has 0 fully saturated rings. The van der Waals surface area contributed by atoms with E-state index in [1.807, 2.05) is 31.4 Å². The molecular formula is C17H17N5OS. The largest absolute Gasteiger partial charge is 0.360 e. The number of nitrogens with zero attached hydrogens (tertiary/aromatic N) is 3. The summed E-state index contributed by atoms with van der Waals surface area (Å²) < 4.78 is 0. The third-order valence-electron chi connectivity index (χ3n) is 3.56. The summed E-state index contributed by atoms with van der Waals surface area (Å²) in [4.78, 5) is 24.5. The van der Waals surface area contributed by atoms with E-state index in [2.05, 4.69) is 31.7 Å². The van der Waals surface area contributed by atoms with Crippen molar-refractivity contribution < 1.29 is 4.79 Å². The normalized spacial score (nSPS) is 11.9. The summed E-state index contributed by atoms with van der Waals surface area (Å²) in [7, 11) is 0. The molecule has 0 amide bonds. The quantitative estimate of drug-likeness (QED) is 0.432. The molecule has 0 aliphatic carbocycles. The van der Waals surface area contributed by atoms with Crippen molar-refractivity contribution in [3.8, 4) is 0 Å². The van der Waals surface area contributed by atoms with Gasteiger partial charge in [0.25, 0.3) is 0 Å². The fourth-order valence-corrected chi connectivity index (χ4v) is 2.87. The van der Waals surface area contributed by atoms with E-state index in [4.69, 9.17) is 0 Å². The summed E-state index contributed by atoms with van der Waals surface area (Å²) in [5.41, 5.74) is 2.97. The first kappa shape index (κ1) is 16.2.